The van der Waals surface area contributed by atoms with Crippen molar-refractivity contribution in [2.75, 3.05) is 0 Å². The van der Waals surface area contributed by atoms with Gasteiger partial charge in [-0.25, -0.2) is 14.5 Å². The molecule has 0 aliphatic rings. The average Bonchev–Trinajstić information content (AvgIpc) is 2.81. The summed E-state index contributed by atoms with van der Waals surface area (Å²) in [5.41, 5.74) is 0.842. The number of carbonyl (C=O) groups is 1. The number of aromatic nitrogens is 1. The third kappa shape index (κ3) is 7.09. The van der Waals surface area contributed by atoms with Crippen LogP contribution in [0.3, 0.4) is 0 Å². The number of benzene rings is 2. The van der Waals surface area contributed by atoms with Crippen molar-refractivity contribution in [3.8, 4) is 11.3 Å². The quantitative estimate of drug-likeness (QED) is 0.388. The molecule has 1 atom stereocenters. The number of pyridine rings is 1. The Bertz CT molecular complexity index is 1360. The number of aryl methyl sites for hydroxylation is 1. The molecule has 1 aromatic heterocycles. The van der Waals surface area contributed by atoms with Gasteiger partial charge in [-0.3, -0.25) is 4.79 Å². The third-order valence-corrected chi connectivity index (χ3v) is 6.06. The summed E-state index contributed by atoms with van der Waals surface area (Å²) in [5.74, 6) is -1.60. The van der Waals surface area contributed by atoms with Crippen molar-refractivity contribution in [3.05, 3.63) is 88.4 Å². The molecule has 3 rings (SSSR count). The average molecular weight is 525 g/mol. The van der Waals surface area contributed by atoms with Crippen LogP contribution in [0.4, 0.5) is 17.6 Å². The molecular weight excluding hydrogens is 500 g/mol. The summed E-state index contributed by atoms with van der Waals surface area (Å²) in [6, 6.07) is 12.6. The molecule has 7 nitrogen and oxygen atoms in total. The van der Waals surface area contributed by atoms with Gasteiger partial charge in [-0.05, 0) is 48.2 Å². The summed E-state index contributed by atoms with van der Waals surface area (Å²) in [5, 5.41) is 7.59. The standard InChI is InChI=1S/C24H24F4N4O3S/c1-14-3-6-18(11-20(14)25)22-19(9-10-21(32-22)24(26,27)28)13-30-23(33)15(2)17-7-4-16(5-8-17)12-31-36(29,34)35/h3-11,15,31H,12-13H2,1-2H3,(H,30,33)(H2,29,34,35). The summed E-state index contributed by atoms with van der Waals surface area (Å²) in [6.07, 6.45) is -4.69. The van der Waals surface area contributed by atoms with Crippen molar-refractivity contribution in [1.82, 2.24) is 15.0 Å². The van der Waals surface area contributed by atoms with E-state index >= 15 is 0 Å². The highest BCUT2D eigenvalue weighted by molar-refractivity contribution is 7.87. The SMILES string of the molecule is Cc1ccc(-c2nc(C(F)(F)F)ccc2CNC(=O)C(C)c2ccc(CNS(N)(=O)=O)cc2)cc1F. The molecule has 0 saturated heterocycles. The topological polar surface area (TPSA) is 114 Å². The Morgan fingerprint density at radius 3 is 2.31 bits per heavy atom. The molecular formula is C24H24F4N4O3S. The molecule has 0 radical (unpaired) electrons. The second-order valence-corrected chi connectivity index (χ2v) is 9.59. The fraction of sp³-hybridized carbons (Fsp3) is 0.250. The fourth-order valence-electron chi connectivity index (χ4n) is 3.37. The molecule has 4 N–H and O–H groups in total. The van der Waals surface area contributed by atoms with Crippen LogP contribution in [0.25, 0.3) is 11.3 Å². The van der Waals surface area contributed by atoms with E-state index in [9.17, 15) is 30.8 Å². The summed E-state index contributed by atoms with van der Waals surface area (Å²) in [6.45, 7) is 3.04. The van der Waals surface area contributed by atoms with Gasteiger partial charge in [-0.2, -0.15) is 26.3 Å². The minimum atomic E-state index is -4.69. The first-order chi connectivity index (χ1) is 16.7. The molecule has 0 bridgehead atoms. The van der Waals surface area contributed by atoms with Crippen LogP contribution in [-0.4, -0.2) is 19.3 Å². The number of alkyl halides is 3. The summed E-state index contributed by atoms with van der Waals surface area (Å²) in [7, 11) is -3.84. The maximum Gasteiger partial charge on any atom is 0.433 e. The Morgan fingerprint density at radius 2 is 1.72 bits per heavy atom. The molecule has 1 amide bonds. The number of rotatable bonds is 8. The minimum absolute atomic E-state index is 0.0109. The Kier molecular flexibility index (Phi) is 8.12. The lowest BCUT2D eigenvalue weighted by Crippen LogP contribution is -2.30. The molecule has 0 aliphatic carbocycles. The number of amides is 1. The van der Waals surface area contributed by atoms with E-state index in [4.69, 9.17) is 5.14 Å². The molecule has 0 spiro atoms. The van der Waals surface area contributed by atoms with Crippen LogP contribution in [0.5, 0.6) is 0 Å². The lowest BCUT2D eigenvalue weighted by atomic mass is 9.98. The monoisotopic (exact) mass is 524 g/mol. The van der Waals surface area contributed by atoms with Crippen molar-refractivity contribution in [2.45, 2.75) is 39.0 Å². The van der Waals surface area contributed by atoms with Gasteiger partial charge in [-0.1, -0.05) is 42.5 Å². The van der Waals surface area contributed by atoms with Gasteiger partial charge in [0, 0.05) is 18.7 Å². The zero-order valence-corrected chi connectivity index (χ0v) is 20.2. The zero-order chi connectivity index (χ0) is 26.7. The lowest BCUT2D eigenvalue weighted by molar-refractivity contribution is -0.141. The van der Waals surface area contributed by atoms with Crippen LogP contribution in [-0.2, 0) is 34.3 Å². The molecule has 192 valence electrons. The number of carbonyl (C=O) groups excluding carboxylic acids is 1. The largest absolute Gasteiger partial charge is 0.433 e. The number of nitrogens with one attached hydrogen (secondary N) is 2. The van der Waals surface area contributed by atoms with Crippen molar-refractivity contribution in [1.29, 1.82) is 0 Å². The first-order valence-corrected chi connectivity index (χ1v) is 12.3. The number of nitrogens with zero attached hydrogens (tertiary/aromatic N) is 1. The molecule has 36 heavy (non-hydrogen) atoms. The summed E-state index contributed by atoms with van der Waals surface area (Å²) in [4.78, 5) is 16.5. The smallest absolute Gasteiger partial charge is 0.351 e. The van der Waals surface area contributed by atoms with E-state index in [0.29, 0.717) is 16.7 Å². The number of hydrogen-bond acceptors (Lipinski definition) is 4. The van der Waals surface area contributed by atoms with E-state index in [1.54, 1.807) is 31.2 Å². The van der Waals surface area contributed by atoms with Gasteiger partial charge in [-0.15, -0.1) is 0 Å². The van der Waals surface area contributed by atoms with Crippen molar-refractivity contribution < 1.29 is 30.8 Å². The van der Waals surface area contributed by atoms with Crippen LogP contribution in [0.1, 0.15) is 40.8 Å². The fourth-order valence-corrected chi connectivity index (χ4v) is 3.74. The number of halogens is 4. The van der Waals surface area contributed by atoms with Gasteiger partial charge in [0.2, 0.25) is 5.91 Å². The molecule has 0 aliphatic heterocycles. The molecule has 0 saturated carbocycles. The van der Waals surface area contributed by atoms with Gasteiger partial charge in [0.05, 0.1) is 11.6 Å². The lowest BCUT2D eigenvalue weighted by Gasteiger charge is -2.16. The number of hydrogen-bond donors (Lipinski definition) is 3. The summed E-state index contributed by atoms with van der Waals surface area (Å²) < 4.78 is 78.1. The second kappa shape index (κ2) is 10.7. The van der Waals surface area contributed by atoms with E-state index in [-0.39, 0.29) is 29.9 Å². The molecule has 3 aromatic rings. The van der Waals surface area contributed by atoms with Gasteiger partial charge in [0.15, 0.2) is 0 Å². The molecule has 1 unspecified atom stereocenters. The van der Waals surface area contributed by atoms with Crippen LogP contribution in [0.15, 0.2) is 54.6 Å². The maximum atomic E-state index is 14.1. The predicted octanol–water partition coefficient (Wildman–Crippen LogP) is 3.93. The molecule has 12 heteroatoms. The highest BCUT2D eigenvalue weighted by Gasteiger charge is 2.33. The highest BCUT2D eigenvalue weighted by Crippen LogP contribution is 2.32. The first kappa shape index (κ1) is 27.2. The molecule has 1 heterocycles. The first-order valence-electron chi connectivity index (χ1n) is 10.7. The zero-order valence-electron chi connectivity index (χ0n) is 19.4. The van der Waals surface area contributed by atoms with Gasteiger partial charge in [0.1, 0.15) is 11.5 Å². The third-order valence-electron chi connectivity index (χ3n) is 5.52. The van der Waals surface area contributed by atoms with E-state index in [1.165, 1.54) is 25.1 Å². The molecule has 2 aromatic carbocycles. The maximum absolute atomic E-state index is 14.1. The van der Waals surface area contributed by atoms with E-state index in [0.717, 1.165) is 12.1 Å². The second-order valence-electron chi connectivity index (χ2n) is 8.21. The van der Waals surface area contributed by atoms with Gasteiger partial charge >= 0.3 is 6.18 Å². The highest BCUT2D eigenvalue weighted by atomic mass is 32.2. The van der Waals surface area contributed by atoms with Crippen LogP contribution in [0.2, 0.25) is 0 Å². The Hall–Kier alpha value is -3.35. The minimum Gasteiger partial charge on any atom is -0.351 e. The van der Waals surface area contributed by atoms with Crippen LogP contribution in [0, 0.1) is 12.7 Å². The van der Waals surface area contributed by atoms with Gasteiger partial charge in [0.25, 0.3) is 10.2 Å². The Balaban J connectivity index is 1.77. The molecule has 0 fully saturated rings. The van der Waals surface area contributed by atoms with Gasteiger partial charge < -0.3 is 5.32 Å². The number of nitrogens with two attached hydrogens (primary N) is 1. The van der Waals surface area contributed by atoms with E-state index in [1.807, 2.05) is 0 Å². The van der Waals surface area contributed by atoms with Crippen molar-refractivity contribution in [3.63, 3.8) is 0 Å². The predicted molar refractivity (Wildman–Crippen MR) is 126 cm³/mol. The normalized spacial score (nSPS) is 12.9. The van der Waals surface area contributed by atoms with Crippen molar-refractivity contribution >= 4 is 16.1 Å². The Morgan fingerprint density at radius 1 is 1.06 bits per heavy atom. The summed E-state index contributed by atoms with van der Waals surface area (Å²) >= 11 is 0. The van der Waals surface area contributed by atoms with Crippen LogP contribution >= 0.6 is 0 Å². The van der Waals surface area contributed by atoms with E-state index in [2.05, 4.69) is 15.0 Å². The van der Waals surface area contributed by atoms with E-state index < -0.39 is 39.7 Å². The van der Waals surface area contributed by atoms with Crippen molar-refractivity contribution in [2.24, 2.45) is 5.14 Å². The van der Waals surface area contributed by atoms with Crippen LogP contribution < -0.4 is 15.2 Å². The Labute approximate surface area is 205 Å².